The summed E-state index contributed by atoms with van der Waals surface area (Å²) in [6, 6.07) is 0. The lowest BCUT2D eigenvalue weighted by atomic mass is 10.0. The molecule has 0 aliphatic rings. The van der Waals surface area contributed by atoms with E-state index < -0.39 is 12.2 Å². The van der Waals surface area contributed by atoms with Gasteiger partial charge in [0.25, 0.3) is 0 Å². The molecule has 0 saturated carbocycles. The van der Waals surface area contributed by atoms with Crippen LogP contribution in [0.15, 0.2) is 12.2 Å². The summed E-state index contributed by atoms with van der Waals surface area (Å²) in [7, 11) is 5.66. The van der Waals surface area contributed by atoms with Crippen LogP contribution >= 0.6 is 0 Å². The fourth-order valence-corrected chi connectivity index (χ4v) is 5.26. The van der Waals surface area contributed by atoms with Crippen LogP contribution in [0.25, 0.3) is 0 Å². The average molecular weight is 583 g/mol. The van der Waals surface area contributed by atoms with E-state index in [2.05, 4.69) is 38.8 Å². The fourth-order valence-electron chi connectivity index (χ4n) is 5.26. The van der Waals surface area contributed by atoms with Crippen molar-refractivity contribution in [2.45, 2.75) is 167 Å². The normalized spacial score (nSPS) is 13.4. The van der Waals surface area contributed by atoms with Gasteiger partial charge < -0.3 is 19.1 Å². The first-order valence-corrected chi connectivity index (χ1v) is 17.2. The van der Waals surface area contributed by atoms with Gasteiger partial charge in [0, 0.05) is 6.42 Å². The number of aliphatic hydroxyl groups is 1. The maximum Gasteiger partial charge on any atom is 0.362 e. The van der Waals surface area contributed by atoms with Crippen molar-refractivity contribution < 1.29 is 28.7 Å². The Morgan fingerprint density at radius 3 is 1.85 bits per heavy atom. The summed E-state index contributed by atoms with van der Waals surface area (Å²) in [5.74, 6) is -0.323. The predicted molar refractivity (Wildman–Crippen MR) is 172 cm³/mol. The number of carbonyl (C=O) groups excluding carboxylic acids is 2. The molecule has 0 amide bonds. The van der Waals surface area contributed by atoms with Crippen molar-refractivity contribution in [2.24, 2.45) is 0 Å². The van der Waals surface area contributed by atoms with Gasteiger partial charge in [-0.3, -0.25) is 4.79 Å². The first kappa shape index (κ1) is 39.6. The SMILES string of the molecule is CCCCCCCCCCCC[N+](C)(C)CC(=O)OC(CCCCC)C(O)C/C=C/CCCCCCCC(=O)OC. The Morgan fingerprint density at radius 1 is 0.707 bits per heavy atom. The van der Waals surface area contributed by atoms with Gasteiger partial charge in [-0.2, -0.15) is 0 Å². The summed E-state index contributed by atoms with van der Waals surface area (Å²) in [6.07, 6.45) is 27.4. The number of quaternary nitrogens is 1. The molecule has 2 unspecified atom stereocenters. The molecule has 0 fully saturated rings. The van der Waals surface area contributed by atoms with Crippen molar-refractivity contribution in [3.63, 3.8) is 0 Å². The second-order valence-electron chi connectivity index (χ2n) is 12.7. The van der Waals surface area contributed by atoms with Crippen LogP contribution in [0, 0.1) is 0 Å². The van der Waals surface area contributed by atoms with Crippen molar-refractivity contribution in [3.05, 3.63) is 12.2 Å². The second-order valence-corrected chi connectivity index (χ2v) is 12.7. The molecule has 0 rings (SSSR count). The Hall–Kier alpha value is -1.40. The van der Waals surface area contributed by atoms with Crippen LogP contribution in [-0.4, -0.2) is 68.0 Å². The Labute approximate surface area is 254 Å². The van der Waals surface area contributed by atoms with E-state index in [9.17, 15) is 14.7 Å². The number of hydrogen-bond acceptors (Lipinski definition) is 5. The zero-order valence-electron chi connectivity index (χ0n) is 27.8. The Morgan fingerprint density at radius 2 is 1.24 bits per heavy atom. The number of likely N-dealkylation sites (N-methyl/N-ethyl adjacent to an activating group) is 1. The molecule has 0 saturated heterocycles. The number of esters is 2. The number of aliphatic hydroxyl groups excluding tert-OH is 1. The van der Waals surface area contributed by atoms with Gasteiger partial charge in [0.15, 0.2) is 6.54 Å². The van der Waals surface area contributed by atoms with Crippen LogP contribution in [0.2, 0.25) is 0 Å². The minimum Gasteiger partial charge on any atom is -0.469 e. The first-order chi connectivity index (χ1) is 19.8. The van der Waals surface area contributed by atoms with Crippen LogP contribution in [0.1, 0.15) is 155 Å². The Kier molecular flexibility index (Phi) is 26.5. The molecule has 6 heteroatoms. The number of nitrogens with zero attached hydrogens (tertiary/aromatic N) is 1. The van der Waals surface area contributed by atoms with Gasteiger partial charge in [-0.1, -0.05) is 109 Å². The first-order valence-electron chi connectivity index (χ1n) is 17.2. The van der Waals surface area contributed by atoms with Crippen LogP contribution in [0.4, 0.5) is 0 Å². The molecule has 0 aromatic carbocycles. The maximum absolute atomic E-state index is 12.9. The number of hydrogen-bond donors (Lipinski definition) is 1. The summed E-state index contributed by atoms with van der Waals surface area (Å²) in [6.45, 7) is 5.75. The molecular weight excluding hydrogens is 514 g/mol. The minimum atomic E-state index is -0.664. The highest BCUT2D eigenvalue weighted by Crippen LogP contribution is 2.17. The van der Waals surface area contributed by atoms with E-state index in [0.717, 1.165) is 70.8 Å². The lowest BCUT2D eigenvalue weighted by Gasteiger charge is -2.30. The number of unbranched alkanes of at least 4 members (excludes halogenated alkanes) is 16. The van der Waals surface area contributed by atoms with E-state index in [1.54, 1.807) is 0 Å². The van der Waals surface area contributed by atoms with Crippen molar-refractivity contribution >= 4 is 11.9 Å². The lowest BCUT2D eigenvalue weighted by Crippen LogP contribution is -2.46. The molecule has 0 aromatic rings. The topological polar surface area (TPSA) is 72.8 Å². The highest BCUT2D eigenvalue weighted by molar-refractivity contribution is 5.70. The van der Waals surface area contributed by atoms with Crippen LogP contribution < -0.4 is 0 Å². The zero-order valence-corrected chi connectivity index (χ0v) is 27.8. The Balaban J connectivity index is 4.29. The van der Waals surface area contributed by atoms with Gasteiger partial charge in [-0.15, -0.1) is 0 Å². The highest BCUT2D eigenvalue weighted by atomic mass is 16.6. The standard InChI is InChI=1S/C35H68NO5/c1-6-8-10-11-12-13-16-19-22-26-30-36(3,4)31-35(39)41-33(28-23-9-7-2)32(37)27-24-20-17-14-15-18-21-25-29-34(38)40-5/h20,24,32-33,37H,6-19,21-23,25-31H2,1-5H3/q+1/b24-20+. The van der Waals surface area contributed by atoms with Crippen LogP contribution in [-0.2, 0) is 19.1 Å². The van der Waals surface area contributed by atoms with Gasteiger partial charge in [0.05, 0.1) is 33.9 Å². The summed E-state index contributed by atoms with van der Waals surface area (Å²) in [5, 5.41) is 10.9. The van der Waals surface area contributed by atoms with Crippen molar-refractivity contribution in [3.8, 4) is 0 Å². The third-order valence-electron chi connectivity index (χ3n) is 8.00. The van der Waals surface area contributed by atoms with E-state index in [1.165, 1.54) is 64.9 Å². The van der Waals surface area contributed by atoms with E-state index in [-0.39, 0.29) is 11.9 Å². The van der Waals surface area contributed by atoms with Gasteiger partial charge in [-0.05, 0) is 51.4 Å². The lowest BCUT2D eigenvalue weighted by molar-refractivity contribution is -0.883. The minimum absolute atomic E-state index is 0.128. The molecular formula is C35H68NO5+. The highest BCUT2D eigenvalue weighted by Gasteiger charge is 2.27. The number of methoxy groups -OCH3 is 1. The maximum atomic E-state index is 12.9. The molecule has 2 atom stereocenters. The summed E-state index contributed by atoms with van der Waals surface area (Å²) >= 11 is 0. The molecule has 6 nitrogen and oxygen atoms in total. The van der Waals surface area contributed by atoms with Crippen molar-refractivity contribution in [1.29, 1.82) is 0 Å². The third kappa shape index (κ3) is 26.0. The number of carbonyl (C=O) groups is 2. The molecule has 1 N–H and O–H groups in total. The average Bonchev–Trinajstić information content (AvgIpc) is 2.93. The fraction of sp³-hybridized carbons (Fsp3) is 0.886. The predicted octanol–water partition coefficient (Wildman–Crippen LogP) is 8.69. The molecule has 0 bridgehead atoms. The van der Waals surface area contributed by atoms with Gasteiger partial charge in [0.1, 0.15) is 6.10 Å². The molecule has 0 aliphatic heterocycles. The molecule has 242 valence electrons. The number of ether oxygens (including phenoxy) is 2. The van der Waals surface area contributed by atoms with E-state index in [4.69, 9.17) is 4.74 Å². The Bertz CT molecular complexity index is 648. The smallest absolute Gasteiger partial charge is 0.362 e. The molecule has 0 aromatic heterocycles. The quantitative estimate of drug-likeness (QED) is 0.0413. The van der Waals surface area contributed by atoms with Crippen LogP contribution in [0.3, 0.4) is 0 Å². The molecule has 0 radical (unpaired) electrons. The van der Waals surface area contributed by atoms with Crippen LogP contribution in [0.5, 0.6) is 0 Å². The number of rotatable bonds is 29. The molecule has 0 heterocycles. The summed E-state index contributed by atoms with van der Waals surface area (Å²) in [5.41, 5.74) is 0. The molecule has 0 aliphatic carbocycles. The second kappa shape index (κ2) is 27.4. The van der Waals surface area contributed by atoms with E-state index in [1.807, 2.05) is 6.08 Å². The number of allylic oxidation sites excluding steroid dienone is 1. The van der Waals surface area contributed by atoms with Gasteiger partial charge >= 0.3 is 11.9 Å². The van der Waals surface area contributed by atoms with Crippen molar-refractivity contribution in [1.82, 2.24) is 0 Å². The largest absolute Gasteiger partial charge is 0.469 e. The van der Waals surface area contributed by atoms with Gasteiger partial charge in [0.2, 0.25) is 0 Å². The zero-order chi connectivity index (χ0) is 30.6. The monoisotopic (exact) mass is 583 g/mol. The summed E-state index contributed by atoms with van der Waals surface area (Å²) < 4.78 is 11.2. The van der Waals surface area contributed by atoms with Gasteiger partial charge in [-0.25, -0.2) is 4.79 Å². The molecule has 0 spiro atoms. The van der Waals surface area contributed by atoms with E-state index >= 15 is 0 Å². The molecule has 41 heavy (non-hydrogen) atoms. The van der Waals surface area contributed by atoms with Crippen molar-refractivity contribution in [2.75, 3.05) is 34.3 Å². The third-order valence-corrected chi connectivity index (χ3v) is 8.00. The van der Waals surface area contributed by atoms with E-state index in [0.29, 0.717) is 30.3 Å². The summed E-state index contributed by atoms with van der Waals surface area (Å²) in [4.78, 5) is 24.0.